The number of hydrogen-bond acceptors (Lipinski definition) is 7. The van der Waals surface area contributed by atoms with Crippen molar-refractivity contribution in [1.29, 1.82) is 0 Å². The molecule has 0 unspecified atom stereocenters. The van der Waals surface area contributed by atoms with Crippen LogP contribution in [0.25, 0.3) is 0 Å². The Morgan fingerprint density at radius 2 is 2.03 bits per heavy atom. The zero-order valence-corrected chi connectivity index (χ0v) is 17.3. The van der Waals surface area contributed by atoms with E-state index >= 15 is 0 Å². The number of thiazole rings is 1. The Bertz CT molecular complexity index is 801. The number of primary amides is 1. The van der Waals surface area contributed by atoms with Crippen LogP contribution in [-0.4, -0.2) is 70.3 Å². The van der Waals surface area contributed by atoms with Crippen molar-refractivity contribution < 1.29 is 29.1 Å². The predicted octanol–water partition coefficient (Wildman–Crippen LogP) is -1.13. The standard InChI is InChI=1S/C17H23N5O4S.CH2O2/c1-10(23)19-7-15(25)22-12-2-3-13(22)17(5-12,4-11-8-27-9-21-11)16(26)20-6-14(18)24;2-1-3/h8-9,12-13H,2-7H2,1H3,(H2,18,24)(H,19,23)(H,20,26);1H,(H,2,3)/t12-,13+,17+;/m1./s1. The van der Waals surface area contributed by atoms with E-state index in [-0.39, 0.29) is 49.4 Å². The van der Waals surface area contributed by atoms with E-state index in [1.807, 2.05) is 5.38 Å². The summed E-state index contributed by atoms with van der Waals surface area (Å²) in [5.74, 6) is -1.36. The Balaban J connectivity index is 0.00000101. The summed E-state index contributed by atoms with van der Waals surface area (Å²) < 4.78 is 0. The zero-order valence-electron chi connectivity index (χ0n) is 16.5. The first-order chi connectivity index (χ1) is 14.2. The van der Waals surface area contributed by atoms with Gasteiger partial charge in [0.2, 0.25) is 23.6 Å². The number of carbonyl (C=O) groups is 5. The highest BCUT2D eigenvalue weighted by Crippen LogP contribution is 2.51. The molecule has 3 rings (SSSR count). The summed E-state index contributed by atoms with van der Waals surface area (Å²) >= 11 is 1.45. The highest BCUT2D eigenvalue weighted by molar-refractivity contribution is 7.07. The Morgan fingerprint density at radius 1 is 1.33 bits per heavy atom. The lowest BCUT2D eigenvalue weighted by molar-refractivity contribution is -0.138. The van der Waals surface area contributed by atoms with Gasteiger partial charge in [0.25, 0.3) is 6.47 Å². The molecule has 0 spiro atoms. The highest BCUT2D eigenvalue weighted by Gasteiger charge is 2.61. The first-order valence-electron chi connectivity index (χ1n) is 9.32. The van der Waals surface area contributed by atoms with Crippen LogP contribution in [0.15, 0.2) is 10.9 Å². The second-order valence-electron chi connectivity index (χ2n) is 7.23. The number of carbonyl (C=O) groups excluding carboxylic acids is 4. The molecule has 4 amide bonds. The molecule has 2 fully saturated rings. The number of carboxylic acid groups (broad SMARTS) is 1. The van der Waals surface area contributed by atoms with Crippen molar-refractivity contribution in [2.45, 2.75) is 44.7 Å². The topological polar surface area (TPSA) is 172 Å². The van der Waals surface area contributed by atoms with E-state index in [2.05, 4.69) is 15.6 Å². The first kappa shape index (κ1) is 23.3. The van der Waals surface area contributed by atoms with E-state index in [0.717, 1.165) is 12.1 Å². The third kappa shape index (κ3) is 5.12. The number of fused-ring (bicyclic) bond motifs is 2. The lowest BCUT2D eigenvalue weighted by Crippen LogP contribution is -2.53. The van der Waals surface area contributed by atoms with Gasteiger partial charge in [0.05, 0.1) is 29.7 Å². The number of hydrogen-bond donors (Lipinski definition) is 4. The van der Waals surface area contributed by atoms with E-state index in [1.165, 1.54) is 18.3 Å². The van der Waals surface area contributed by atoms with Gasteiger partial charge in [0.15, 0.2) is 0 Å². The molecule has 164 valence electrons. The molecule has 3 atom stereocenters. The minimum absolute atomic E-state index is 0.0609. The van der Waals surface area contributed by atoms with Crippen LogP contribution in [0.3, 0.4) is 0 Å². The summed E-state index contributed by atoms with van der Waals surface area (Å²) in [5, 5.41) is 13.9. The van der Waals surface area contributed by atoms with Gasteiger partial charge in [0.1, 0.15) is 0 Å². The fourth-order valence-corrected chi connectivity index (χ4v) is 4.92. The molecule has 0 radical (unpaired) electrons. The van der Waals surface area contributed by atoms with Crippen molar-refractivity contribution in [1.82, 2.24) is 20.5 Å². The molecule has 2 aliphatic rings. The molecule has 1 aromatic heterocycles. The van der Waals surface area contributed by atoms with E-state index in [0.29, 0.717) is 19.3 Å². The summed E-state index contributed by atoms with van der Waals surface area (Å²) in [6.07, 6.45) is 2.42. The maximum atomic E-state index is 13.1. The largest absolute Gasteiger partial charge is 0.483 e. The SMILES string of the molecule is CC(=O)NCC(=O)N1[C@@H]2CC[C@H]1[C@@](Cc1cscn1)(C(=O)NCC(N)=O)C2.O=CO. The van der Waals surface area contributed by atoms with Crippen LogP contribution < -0.4 is 16.4 Å². The number of aromatic nitrogens is 1. The van der Waals surface area contributed by atoms with Gasteiger partial charge in [-0.1, -0.05) is 0 Å². The van der Waals surface area contributed by atoms with Gasteiger partial charge in [-0.05, 0) is 19.3 Å². The van der Waals surface area contributed by atoms with Crippen LogP contribution in [0.1, 0.15) is 31.9 Å². The van der Waals surface area contributed by atoms with Gasteiger partial charge in [-0.3, -0.25) is 24.0 Å². The summed E-state index contributed by atoms with van der Waals surface area (Å²) in [6.45, 7) is 0.780. The number of nitrogens with zero attached hydrogens (tertiary/aromatic N) is 2. The van der Waals surface area contributed by atoms with Crippen molar-refractivity contribution in [3.05, 3.63) is 16.6 Å². The van der Waals surface area contributed by atoms with Gasteiger partial charge in [-0.25, -0.2) is 4.98 Å². The molecular formula is C18H25N5O6S. The van der Waals surface area contributed by atoms with Crippen molar-refractivity contribution in [2.75, 3.05) is 13.1 Å². The smallest absolute Gasteiger partial charge is 0.290 e. The van der Waals surface area contributed by atoms with E-state index < -0.39 is 11.3 Å². The Labute approximate surface area is 177 Å². The fourth-order valence-electron chi connectivity index (χ4n) is 4.36. The number of amides is 4. The van der Waals surface area contributed by atoms with Crippen LogP contribution >= 0.6 is 11.3 Å². The minimum atomic E-state index is -0.849. The van der Waals surface area contributed by atoms with Crippen LogP contribution in [0.4, 0.5) is 0 Å². The molecule has 2 saturated heterocycles. The van der Waals surface area contributed by atoms with Crippen LogP contribution in [0.2, 0.25) is 0 Å². The van der Waals surface area contributed by atoms with Crippen molar-refractivity contribution in [2.24, 2.45) is 11.1 Å². The van der Waals surface area contributed by atoms with Gasteiger partial charge in [0, 0.05) is 30.8 Å². The Hall–Kier alpha value is -3.02. The average Bonchev–Trinajstić information content (AvgIpc) is 3.40. The summed E-state index contributed by atoms with van der Waals surface area (Å²) in [6, 6.07) is -0.354. The molecule has 12 heteroatoms. The van der Waals surface area contributed by atoms with Crippen LogP contribution in [-0.2, 0) is 30.4 Å². The molecule has 0 saturated carbocycles. The van der Waals surface area contributed by atoms with Crippen molar-refractivity contribution in [3.8, 4) is 0 Å². The molecule has 1 aromatic rings. The van der Waals surface area contributed by atoms with E-state index in [9.17, 15) is 19.2 Å². The molecule has 30 heavy (non-hydrogen) atoms. The van der Waals surface area contributed by atoms with E-state index in [4.69, 9.17) is 15.6 Å². The molecule has 3 heterocycles. The second kappa shape index (κ2) is 10.1. The molecule has 11 nitrogen and oxygen atoms in total. The first-order valence-corrected chi connectivity index (χ1v) is 10.3. The minimum Gasteiger partial charge on any atom is -0.483 e. The van der Waals surface area contributed by atoms with Crippen LogP contribution in [0, 0.1) is 5.41 Å². The fraction of sp³-hybridized carbons (Fsp3) is 0.556. The lowest BCUT2D eigenvalue weighted by Gasteiger charge is -2.35. The summed E-state index contributed by atoms with van der Waals surface area (Å²) in [7, 11) is 0. The van der Waals surface area contributed by atoms with Gasteiger partial charge < -0.3 is 26.4 Å². The molecule has 2 bridgehead atoms. The number of rotatable bonds is 7. The normalized spacial score (nSPS) is 23.8. The molecule has 5 N–H and O–H groups in total. The molecule has 2 aliphatic heterocycles. The highest BCUT2D eigenvalue weighted by atomic mass is 32.1. The maximum absolute atomic E-state index is 13.1. The van der Waals surface area contributed by atoms with Gasteiger partial charge in [-0.2, -0.15) is 0 Å². The maximum Gasteiger partial charge on any atom is 0.290 e. The Morgan fingerprint density at radius 3 is 2.60 bits per heavy atom. The third-order valence-corrected chi connectivity index (χ3v) is 6.01. The summed E-state index contributed by atoms with van der Waals surface area (Å²) in [4.78, 5) is 62.4. The molecule has 0 aliphatic carbocycles. The monoisotopic (exact) mass is 439 g/mol. The Kier molecular flexibility index (Phi) is 7.86. The quantitative estimate of drug-likeness (QED) is 0.389. The molecule has 0 aromatic carbocycles. The van der Waals surface area contributed by atoms with Crippen molar-refractivity contribution in [3.63, 3.8) is 0 Å². The predicted molar refractivity (Wildman–Crippen MR) is 106 cm³/mol. The third-order valence-electron chi connectivity index (χ3n) is 5.37. The average molecular weight is 439 g/mol. The summed E-state index contributed by atoms with van der Waals surface area (Å²) in [5.41, 5.74) is 6.81. The van der Waals surface area contributed by atoms with Gasteiger partial charge >= 0.3 is 0 Å². The number of nitrogens with one attached hydrogen (secondary N) is 2. The van der Waals surface area contributed by atoms with Crippen LogP contribution in [0.5, 0.6) is 0 Å². The number of nitrogens with two attached hydrogens (primary N) is 1. The molecular weight excluding hydrogens is 414 g/mol. The second-order valence-corrected chi connectivity index (χ2v) is 7.95. The van der Waals surface area contributed by atoms with E-state index in [1.54, 1.807) is 10.4 Å². The zero-order chi connectivity index (χ0) is 22.3. The lowest BCUT2D eigenvalue weighted by atomic mass is 9.70. The van der Waals surface area contributed by atoms with Gasteiger partial charge in [-0.15, -0.1) is 11.3 Å². The van der Waals surface area contributed by atoms with Crippen molar-refractivity contribution >= 4 is 41.4 Å².